The Morgan fingerprint density at radius 2 is 1.70 bits per heavy atom. The molecule has 2 rings (SSSR count). The molecule has 0 saturated heterocycles. The van der Waals surface area contributed by atoms with Crippen molar-refractivity contribution in [1.29, 1.82) is 5.41 Å². The molecular weight excluding hydrogens is 283 g/mol. The normalized spacial score (nSPS) is 11.3. The summed E-state index contributed by atoms with van der Waals surface area (Å²) in [7, 11) is 0. The zero-order valence-corrected chi connectivity index (χ0v) is 11.3. The number of alkyl halides is 3. The van der Waals surface area contributed by atoms with E-state index in [1.54, 1.807) is 6.07 Å². The largest absolute Gasteiger partial charge is 0.416 e. The lowest BCUT2D eigenvalue weighted by molar-refractivity contribution is -0.137. The predicted molar refractivity (Wildman–Crippen MR) is 75.2 cm³/mol. The summed E-state index contributed by atoms with van der Waals surface area (Å²) in [4.78, 5) is 0.907. The Hall–Kier alpha value is -1.75. The van der Waals surface area contributed by atoms with Gasteiger partial charge in [-0.05, 0) is 23.8 Å². The Kier molecular flexibility index (Phi) is 4.49. The fourth-order valence-corrected chi connectivity index (χ4v) is 2.53. The highest BCUT2D eigenvalue weighted by Crippen LogP contribution is 2.30. The zero-order valence-electron chi connectivity index (χ0n) is 10.4. The number of nitrogens with one attached hydrogen (secondary N) is 1. The molecule has 2 aromatic rings. The fourth-order valence-electron chi connectivity index (χ4n) is 1.71. The van der Waals surface area contributed by atoms with Crippen molar-refractivity contribution in [1.82, 2.24) is 0 Å². The molecule has 104 valence electrons. The third-order valence-corrected chi connectivity index (χ3v) is 3.50. The van der Waals surface area contributed by atoms with Gasteiger partial charge in [-0.3, -0.25) is 5.41 Å². The highest BCUT2D eigenvalue weighted by atomic mass is 32.2. The summed E-state index contributed by atoms with van der Waals surface area (Å²) in [5.74, 6) is 0. The SMILES string of the molecule is N=C(Cc1cccc(C(F)(F)F)c1)Sc1ccccc1. The molecule has 0 amide bonds. The minimum absolute atomic E-state index is 0.198. The van der Waals surface area contributed by atoms with E-state index in [2.05, 4.69) is 0 Å². The topological polar surface area (TPSA) is 23.9 Å². The Morgan fingerprint density at radius 1 is 1.00 bits per heavy atom. The number of thioether (sulfide) groups is 1. The molecule has 1 nitrogen and oxygen atoms in total. The van der Waals surface area contributed by atoms with Crippen LogP contribution in [-0.4, -0.2) is 5.04 Å². The van der Waals surface area contributed by atoms with E-state index < -0.39 is 11.7 Å². The summed E-state index contributed by atoms with van der Waals surface area (Å²) in [5.41, 5.74) is -0.180. The van der Waals surface area contributed by atoms with E-state index >= 15 is 0 Å². The van der Waals surface area contributed by atoms with Gasteiger partial charge in [-0.25, -0.2) is 0 Å². The lowest BCUT2D eigenvalue weighted by Gasteiger charge is -2.09. The molecule has 1 N–H and O–H groups in total. The Bertz CT molecular complexity index is 594. The fraction of sp³-hybridized carbons (Fsp3) is 0.133. The quantitative estimate of drug-likeness (QED) is 0.480. The molecule has 20 heavy (non-hydrogen) atoms. The molecule has 0 aromatic heterocycles. The average molecular weight is 295 g/mol. The molecule has 0 heterocycles. The summed E-state index contributed by atoms with van der Waals surface area (Å²) in [5, 5.41) is 8.19. The summed E-state index contributed by atoms with van der Waals surface area (Å²) in [6.07, 6.45) is -4.14. The minimum atomic E-state index is -4.34. The molecule has 0 saturated carbocycles. The summed E-state index contributed by atoms with van der Waals surface area (Å²) in [6, 6.07) is 14.4. The van der Waals surface area contributed by atoms with Crippen LogP contribution in [0, 0.1) is 5.41 Å². The molecule has 2 aromatic carbocycles. The molecule has 0 aliphatic heterocycles. The molecular formula is C15H12F3NS. The first-order valence-electron chi connectivity index (χ1n) is 5.91. The van der Waals surface area contributed by atoms with E-state index in [4.69, 9.17) is 5.41 Å². The lowest BCUT2D eigenvalue weighted by atomic mass is 10.1. The summed E-state index contributed by atoms with van der Waals surface area (Å²) in [6.45, 7) is 0. The maximum atomic E-state index is 12.6. The third-order valence-electron chi connectivity index (χ3n) is 2.60. The van der Waals surface area contributed by atoms with Gasteiger partial charge in [0.2, 0.25) is 0 Å². The van der Waals surface area contributed by atoms with Crippen molar-refractivity contribution in [2.75, 3.05) is 0 Å². The predicted octanol–water partition coefficient (Wildman–Crippen LogP) is 5.02. The first-order chi connectivity index (χ1) is 9.45. The van der Waals surface area contributed by atoms with Gasteiger partial charge in [0.05, 0.1) is 10.6 Å². The van der Waals surface area contributed by atoms with Crippen molar-refractivity contribution in [3.05, 3.63) is 65.7 Å². The standard InChI is InChI=1S/C15H12F3NS/c16-15(17,18)12-6-4-5-11(9-12)10-14(19)20-13-7-2-1-3-8-13/h1-9,19H,10H2. The first-order valence-corrected chi connectivity index (χ1v) is 6.73. The molecule has 0 fully saturated rings. The number of hydrogen-bond donors (Lipinski definition) is 1. The van der Waals surface area contributed by atoms with E-state index in [0.29, 0.717) is 10.6 Å². The maximum Gasteiger partial charge on any atom is 0.416 e. The first kappa shape index (κ1) is 14.7. The number of halogens is 3. The van der Waals surface area contributed by atoms with Gasteiger partial charge in [0, 0.05) is 11.3 Å². The summed E-state index contributed by atoms with van der Waals surface area (Å²) >= 11 is 1.25. The molecule has 0 spiro atoms. The number of hydrogen-bond acceptors (Lipinski definition) is 2. The smallest absolute Gasteiger partial charge is 0.298 e. The highest BCUT2D eigenvalue weighted by Gasteiger charge is 2.30. The Balaban J connectivity index is 2.05. The van der Waals surface area contributed by atoms with Gasteiger partial charge < -0.3 is 0 Å². The van der Waals surface area contributed by atoms with Crippen LogP contribution in [0.1, 0.15) is 11.1 Å². The van der Waals surface area contributed by atoms with E-state index in [1.165, 1.54) is 17.8 Å². The van der Waals surface area contributed by atoms with Gasteiger partial charge in [0.15, 0.2) is 0 Å². The lowest BCUT2D eigenvalue weighted by Crippen LogP contribution is -2.06. The molecule has 0 aliphatic carbocycles. The second-order valence-electron chi connectivity index (χ2n) is 4.21. The van der Waals surface area contributed by atoms with Crippen LogP contribution in [0.2, 0.25) is 0 Å². The van der Waals surface area contributed by atoms with Gasteiger partial charge in [-0.1, -0.05) is 48.2 Å². The molecule has 0 unspecified atom stereocenters. The Labute approximate surface area is 119 Å². The summed E-state index contributed by atoms with van der Waals surface area (Å²) < 4.78 is 37.8. The van der Waals surface area contributed by atoms with E-state index in [-0.39, 0.29) is 6.42 Å². The van der Waals surface area contributed by atoms with Gasteiger partial charge in [-0.2, -0.15) is 13.2 Å². The zero-order chi connectivity index (χ0) is 14.6. The molecule has 0 radical (unpaired) electrons. The molecule has 0 atom stereocenters. The highest BCUT2D eigenvalue weighted by molar-refractivity contribution is 8.13. The van der Waals surface area contributed by atoms with Gasteiger partial charge in [0.25, 0.3) is 0 Å². The van der Waals surface area contributed by atoms with Crippen LogP contribution in [0.25, 0.3) is 0 Å². The Morgan fingerprint density at radius 3 is 2.35 bits per heavy atom. The van der Waals surface area contributed by atoms with Gasteiger partial charge in [-0.15, -0.1) is 0 Å². The molecule has 5 heteroatoms. The van der Waals surface area contributed by atoms with E-state index in [9.17, 15) is 13.2 Å². The van der Waals surface area contributed by atoms with Crippen molar-refractivity contribution >= 4 is 16.8 Å². The van der Waals surface area contributed by atoms with Crippen molar-refractivity contribution in [2.45, 2.75) is 17.5 Å². The minimum Gasteiger partial charge on any atom is -0.298 e. The van der Waals surface area contributed by atoms with Crippen LogP contribution < -0.4 is 0 Å². The second kappa shape index (κ2) is 6.13. The average Bonchev–Trinajstić information content (AvgIpc) is 2.39. The maximum absolute atomic E-state index is 12.6. The van der Waals surface area contributed by atoms with Gasteiger partial charge in [0.1, 0.15) is 0 Å². The van der Waals surface area contributed by atoms with Crippen LogP contribution in [0.3, 0.4) is 0 Å². The van der Waals surface area contributed by atoms with Crippen molar-refractivity contribution in [3.8, 4) is 0 Å². The van der Waals surface area contributed by atoms with Crippen molar-refractivity contribution in [2.24, 2.45) is 0 Å². The number of rotatable bonds is 3. The van der Waals surface area contributed by atoms with Crippen LogP contribution in [0.15, 0.2) is 59.5 Å². The van der Waals surface area contributed by atoms with Crippen LogP contribution >= 0.6 is 11.8 Å². The van der Waals surface area contributed by atoms with Gasteiger partial charge >= 0.3 is 6.18 Å². The monoisotopic (exact) mass is 295 g/mol. The second-order valence-corrected chi connectivity index (χ2v) is 5.38. The molecule has 0 aliphatic rings. The van der Waals surface area contributed by atoms with Crippen molar-refractivity contribution < 1.29 is 13.2 Å². The van der Waals surface area contributed by atoms with Crippen LogP contribution in [0.4, 0.5) is 13.2 Å². The van der Waals surface area contributed by atoms with E-state index in [1.807, 2.05) is 30.3 Å². The molecule has 0 bridgehead atoms. The third kappa shape index (κ3) is 4.13. The van der Waals surface area contributed by atoms with E-state index in [0.717, 1.165) is 17.0 Å². The van der Waals surface area contributed by atoms with Crippen molar-refractivity contribution in [3.63, 3.8) is 0 Å². The van der Waals surface area contributed by atoms with Crippen LogP contribution in [-0.2, 0) is 12.6 Å². The van der Waals surface area contributed by atoms with Crippen LogP contribution in [0.5, 0.6) is 0 Å². The number of benzene rings is 2.